The molecular formula is C15H27N3O. The van der Waals surface area contributed by atoms with Gasteiger partial charge in [0.05, 0.1) is 17.8 Å². The second kappa shape index (κ2) is 5.53. The fraction of sp³-hybridized carbons (Fsp3) is 0.800. The Morgan fingerprint density at radius 2 is 2.00 bits per heavy atom. The van der Waals surface area contributed by atoms with Gasteiger partial charge in [-0.15, -0.1) is 0 Å². The van der Waals surface area contributed by atoms with Crippen molar-refractivity contribution < 1.29 is 5.11 Å². The van der Waals surface area contributed by atoms with E-state index in [0.29, 0.717) is 5.82 Å². The van der Waals surface area contributed by atoms with Crippen molar-refractivity contribution in [2.24, 2.45) is 5.41 Å². The summed E-state index contributed by atoms with van der Waals surface area (Å²) in [6.07, 6.45) is 5.88. The summed E-state index contributed by atoms with van der Waals surface area (Å²) in [4.78, 5) is 0. The number of nitrogen functional groups attached to an aromatic ring is 1. The molecule has 1 aromatic heterocycles. The van der Waals surface area contributed by atoms with E-state index in [1.807, 2.05) is 10.7 Å². The molecule has 3 N–H and O–H groups in total. The van der Waals surface area contributed by atoms with Gasteiger partial charge in [0.25, 0.3) is 0 Å². The number of nitrogens with zero attached hydrogens (tertiary/aromatic N) is 2. The second-order valence-electron chi connectivity index (χ2n) is 7.02. The standard InChI is InChI=1S/C15H27N3O/c1-15(2,3)10-11-9-14(16)18(17-11)12-7-5-4-6-8-13(12)19/h9,12-13,19H,4-8,10,16H2,1-3H3. The largest absolute Gasteiger partial charge is 0.391 e. The van der Waals surface area contributed by atoms with Gasteiger partial charge < -0.3 is 10.8 Å². The molecule has 0 radical (unpaired) electrons. The molecule has 2 unspecified atom stereocenters. The summed E-state index contributed by atoms with van der Waals surface area (Å²) < 4.78 is 1.86. The molecule has 1 fully saturated rings. The minimum Gasteiger partial charge on any atom is -0.391 e. The average molecular weight is 265 g/mol. The summed E-state index contributed by atoms with van der Waals surface area (Å²) in [6.45, 7) is 6.59. The Balaban J connectivity index is 2.19. The quantitative estimate of drug-likeness (QED) is 0.808. The predicted octanol–water partition coefficient (Wildman–Crippen LogP) is 2.92. The number of aliphatic hydroxyl groups excluding tert-OH is 1. The molecule has 2 rings (SSSR count). The first-order valence-corrected chi connectivity index (χ1v) is 7.39. The molecule has 0 amide bonds. The third-order valence-electron chi connectivity index (χ3n) is 3.78. The van der Waals surface area contributed by atoms with Crippen molar-refractivity contribution in [2.75, 3.05) is 5.73 Å². The van der Waals surface area contributed by atoms with E-state index in [2.05, 4.69) is 25.9 Å². The van der Waals surface area contributed by atoms with E-state index in [0.717, 1.165) is 37.8 Å². The van der Waals surface area contributed by atoms with Gasteiger partial charge in [-0.3, -0.25) is 0 Å². The zero-order valence-electron chi connectivity index (χ0n) is 12.4. The van der Waals surface area contributed by atoms with Crippen LogP contribution in [0.5, 0.6) is 0 Å². The Morgan fingerprint density at radius 3 is 2.68 bits per heavy atom. The molecule has 4 nitrogen and oxygen atoms in total. The SMILES string of the molecule is CC(C)(C)Cc1cc(N)n(C2CCCCCC2O)n1. The Labute approximate surface area is 116 Å². The molecule has 0 aromatic carbocycles. The van der Waals surface area contributed by atoms with Crippen LogP contribution in [0.2, 0.25) is 0 Å². The summed E-state index contributed by atoms with van der Waals surface area (Å²) in [5.74, 6) is 0.685. The van der Waals surface area contributed by atoms with Crippen molar-refractivity contribution in [1.29, 1.82) is 0 Å². The number of aliphatic hydroxyl groups is 1. The molecule has 1 aliphatic carbocycles. The topological polar surface area (TPSA) is 64.1 Å². The van der Waals surface area contributed by atoms with Gasteiger partial charge in [0, 0.05) is 6.07 Å². The Hall–Kier alpha value is -1.03. The highest BCUT2D eigenvalue weighted by molar-refractivity contribution is 5.32. The van der Waals surface area contributed by atoms with Gasteiger partial charge in [-0.2, -0.15) is 5.10 Å². The number of nitrogens with two attached hydrogens (primary N) is 1. The van der Waals surface area contributed by atoms with Crippen molar-refractivity contribution in [1.82, 2.24) is 9.78 Å². The lowest BCUT2D eigenvalue weighted by molar-refractivity contribution is 0.0999. The Bertz CT molecular complexity index is 420. The van der Waals surface area contributed by atoms with Gasteiger partial charge in [-0.1, -0.05) is 40.0 Å². The van der Waals surface area contributed by atoms with Crippen LogP contribution in [0.15, 0.2) is 6.07 Å². The van der Waals surface area contributed by atoms with E-state index >= 15 is 0 Å². The maximum atomic E-state index is 10.3. The molecule has 0 bridgehead atoms. The van der Waals surface area contributed by atoms with Gasteiger partial charge >= 0.3 is 0 Å². The molecule has 1 saturated carbocycles. The molecular weight excluding hydrogens is 238 g/mol. The van der Waals surface area contributed by atoms with Crippen LogP contribution in [-0.2, 0) is 6.42 Å². The van der Waals surface area contributed by atoms with Crippen LogP contribution in [-0.4, -0.2) is 21.0 Å². The van der Waals surface area contributed by atoms with Crippen LogP contribution in [0.4, 0.5) is 5.82 Å². The van der Waals surface area contributed by atoms with E-state index in [9.17, 15) is 5.11 Å². The maximum absolute atomic E-state index is 10.3. The number of aromatic nitrogens is 2. The average Bonchev–Trinajstić information content (AvgIpc) is 2.49. The third kappa shape index (κ3) is 3.72. The number of anilines is 1. The molecule has 1 aromatic rings. The van der Waals surface area contributed by atoms with Gasteiger partial charge in [-0.25, -0.2) is 4.68 Å². The van der Waals surface area contributed by atoms with Crippen molar-refractivity contribution in [2.45, 2.75) is 71.4 Å². The normalized spacial score (nSPS) is 25.3. The first-order chi connectivity index (χ1) is 8.87. The van der Waals surface area contributed by atoms with Crippen molar-refractivity contribution in [3.63, 3.8) is 0 Å². The summed E-state index contributed by atoms with van der Waals surface area (Å²) in [7, 11) is 0. The van der Waals surface area contributed by atoms with Crippen molar-refractivity contribution in [3.05, 3.63) is 11.8 Å². The van der Waals surface area contributed by atoms with Crippen LogP contribution >= 0.6 is 0 Å². The van der Waals surface area contributed by atoms with E-state index < -0.39 is 0 Å². The minimum atomic E-state index is -0.313. The highest BCUT2D eigenvalue weighted by atomic mass is 16.3. The highest BCUT2D eigenvalue weighted by Crippen LogP contribution is 2.30. The number of rotatable bonds is 2. The van der Waals surface area contributed by atoms with Crippen molar-refractivity contribution >= 4 is 5.82 Å². The van der Waals surface area contributed by atoms with Crippen molar-refractivity contribution in [3.8, 4) is 0 Å². The lowest BCUT2D eigenvalue weighted by atomic mass is 9.91. The second-order valence-corrected chi connectivity index (χ2v) is 7.02. The van der Waals surface area contributed by atoms with E-state index in [-0.39, 0.29) is 17.6 Å². The minimum absolute atomic E-state index is 0.0521. The smallest absolute Gasteiger partial charge is 0.122 e. The fourth-order valence-electron chi connectivity index (χ4n) is 2.91. The number of hydrogen-bond acceptors (Lipinski definition) is 3. The predicted molar refractivity (Wildman–Crippen MR) is 77.9 cm³/mol. The molecule has 4 heteroatoms. The zero-order valence-corrected chi connectivity index (χ0v) is 12.4. The molecule has 0 spiro atoms. The maximum Gasteiger partial charge on any atom is 0.122 e. The summed E-state index contributed by atoms with van der Waals surface area (Å²) in [5, 5.41) is 14.9. The number of hydrogen-bond donors (Lipinski definition) is 2. The van der Waals surface area contributed by atoms with Crippen LogP contribution in [0, 0.1) is 5.41 Å². The first kappa shape index (κ1) is 14.4. The van der Waals surface area contributed by atoms with E-state index in [1.54, 1.807) is 0 Å². The molecule has 1 heterocycles. The third-order valence-corrected chi connectivity index (χ3v) is 3.78. The van der Waals surface area contributed by atoms with Gasteiger partial charge in [0.1, 0.15) is 5.82 Å². The Morgan fingerprint density at radius 1 is 1.32 bits per heavy atom. The van der Waals surface area contributed by atoms with Crippen LogP contribution < -0.4 is 5.73 Å². The van der Waals surface area contributed by atoms with Gasteiger partial charge in [0.2, 0.25) is 0 Å². The fourth-order valence-corrected chi connectivity index (χ4v) is 2.91. The molecule has 108 valence electrons. The molecule has 0 aliphatic heterocycles. The van der Waals surface area contributed by atoms with E-state index in [1.165, 1.54) is 6.42 Å². The summed E-state index contributed by atoms with van der Waals surface area (Å²) in [5.41, 5.74) is 7.32. The lowest BCUT2D eigenvalue weighted by Crippen LogP contribution is -2.25. The van der Waals surface area contributed by atoms with Crippen LogP contribution in [0.3, 0.4) is 0 Å². The summed E-state index contributed by atoms with van der Waals surface area (Å²) in [6, 6.07) is 2.01. The first-order valence-electron chi connectivity index (χ1n) is 7.39. The Kier molecular flexibility index (Phi) is 4.19. The van der Waals surface area contributed by atoms with Gasteiger partial charge in [-0.05, 0) is 24.7 Å². The molecule has 19 heavy (non-hydrogen) atoms. The van der Waals surface area contributed by atoms with E-state index in [4.69, 9.17) is 5.73 Å². The zero-order chi connectivity index (χ0) is 14.0. The van der Waals surface area contributed by atoms with Crippen LogP contribution in [0.1, 0.15) is 64.6 Å². The van der Waals surface area contributed by atoms with Gasteiger partial charge in [0.15, 0.2) is 0 Å². The molecule has 2 atom stereocenters. The highest BCUT2D eigenvalue weighted by Gasteiger charge is 2.26. The summed E-state index contributed by atoms with van der Waals surface area (Å²) >= 11 is 0. The molecule has 1 aliphatic rings. The van der Waals surface area contributed by atoms with Crippen LogP contribution in [0.25, 0.3) is 0 Å². The lowest BCUT2D eigenvalue weighted by Gasteiger charge is -2.22. The monoisotopic (exact) mass is 265 g/mol. The molecule has 0 saturated heterocycles.